The molecule has 40 heavy (non-hydrogen) atoms. The van der Waals surface area contributed by atoms with Crippen molar-refractivity contribution in [3.05, 3.63) is 30.7 Å². The highest BCUT2D eigenvalue weighted by molar-refractivity contribution is 5.76. The van der Waals surface area contributed by atoms with Crippen molar-refractivity contribution in [2.24, 2.45) is 17.6 Å². The number of hydrogen-bond acceptors (Lipinski definition) is 8. The van der Waals surface area contributed by atoms with Gasteiger partial charge in [0, 0.05) is 58.2 Å². The van der Waals surface area contributed by atoms with Gasteiger partial charge in [0.15, 0.2) is 5.65 Å². The van der Waals surface area contributed by atoms with E-state index in [9.17, 15) is 18.0 Å². The molecule has 0 radical (unpaired) electrons. The van der Waals surface area contributed by atoms with Crippen molar-refractivity contribution in [3.8, 4) is 0 Å². The van der Waals surface area contributed by atoms with Crippen LogP contribution in [0.1, 0.15) is 25.7 Å². The first kappa shape index (κ1) is 28.1. The third kappa shape index (κ3) is 7.02. The molecule has 3 aromatic heterocycles. The molecule has 11 nitrogen and oxygen atoms in total. The standard InChI is InChI=1S/C23H31N9O.C3H6F3N/c1-28-7-9-29(10-8-28)21(33)16-31-15-19(12-24-31)25-23-26-22-20(3-2-6-32(22)27-23)30-13-17-4-5-18(11-17)14-30;4-3(5,6)1-2-7/h2-3,6,12,15,17-18H,4-5,7-11,13-14,16H2,1H3,(H,25,27);1-2,7H2/t17-,18+;. The quantitative estimate of drug-likeness (QED) is 0.472. The minimum absolute atomic E-state index is 0.101. The number of alkyl halides is 3. The van der Waals surface area contributed by atoms with Crippen molar-refractivity contribution in [1.29, 1.82) is 0 Å². The minimum atomic E-state index is -4.07. The fourth-order valence-corrected chi connectivity index (χ4v) is 5.70. The van der Waals surface area contributed by atoms with Gasteiger partial charge in [0.2, 0.25) is 11.9 Å². The number of likely N-dealkylation sites (N-methyl/N-ethyl adjacent to an activating group) is 1. The van der Waals surface area contributed by atoms with Gasteiger partial charge in [0.1, 0.15) is 6.54 Å². The topological polar surface area (TPSA) is 113 Å². The van der Waals surface area contributed by atoms with Crippen LogP contribution in [0.3, 0.4) is 0 Å². The van der Waals surface area contributed by atoms with Gasteiger partial charge in [-0.05, 0) is 50.3 Å². The summed E-state index contributed by atoms with van der Waals surface area (Å²) >= 11 is 0. The van der Waals surface area contributed by atoms with Crippen molar-refractivity contribution >= 4 is 28.9 Å². The van der Waals surface area contributed by atoms with Crippen LogP contribution in [-0.4, -0.2) is 99.1 Å². The predicted octanol–water partition coefficient (Wildman–Crippen LogP) is 2.58. The average Bonchev–Trinajstić information content (AvgIpc) is 3.62. The predicted molar refractivity (Wildman–Crippen MR) is 145 cm³/mol. The van der Waals surface area contributed by atoms with Gasteiger partial charge >= 0.3 is 6.18 Å². The Morgan fingerprint density at radius 2 is 1.88 bits per heavy atom. The van der Waals surface area contributed by atoms with Crippen molar-refractivity contribution in [2.75, 3.05) is 63.1 Å². The summed E-state index contributed by atoms with van der Waals surface area (Å²) in [7, 11) is 2.08. The van der Waals surface area contributed by atoms with Gasteiger partial charge in [0.25, 0.3) is 0 Å². The second kappa shape index (κ2) is 12.0. The van der Waals surface area contributed by atoms with Crippen LogP contribution < -0.4 is 16.0 Å². The zero-order valence-corrected chi connectivity index (χ0v) is 22.7. The number of rotatable bonds is 6. The molecule has 1 aliphatic carbocycles. The number of carbonyl (C=O) groups excluding carboxylic acids is 1. The molecule has 5 heterocycles. The Balaban J connectivity index is 0.000000411. The third-order valence-corrected chi connectivity index (χ3v) is 7.76. The minimum Gasteiger partial charge on any atom is -0.368 e. The van der Waals surface area contributed by atoms with Gasteiger partial charge in [-0.2, -0.15) is 23.3 Å². The van der Waals surface area contributed by atoms with E-state index >= 15 is 0 Å². The zero-order chi connectivity index (χ0) is 28.3. The smallest absolute Gasteiger partial charge is 0.368 e. The molecule has 0 unspecified atom stereocenters. The van der Waals surface area contributed by atoms with E-state index in [4.69, 9.17) is 4.98 Å². The van der Waals surface area contributed by atoms with Crippen LogP contribution >= 0.6 is 0 Å². The van der Waals surface area contributed by atoms with Gasteiger partial charge in [-0.25, -0.2) is 4.52 Å². The lowest BCUT2D eigenvalue weighted by atomic mass is 9.98. The number of pyridine rings is 1. The zero-order valence-electron chi connectivity index (χ0n) is 22.7. The summed E-state index contributed by atoms with van der Waals surface area (Å²) in [5, 5.41) is 12.2. The van der Waals surface area contributed by atoms with Crippen molar-refractivity contribution in [1.82, 2.24) is 34.2 Å². The number of nitrogens with zero attached hydrogens (tertiary/aromatic N) is 8. The molecule has 6 rings (SSSR count). The Kier molecular flexibility index (Phi) is 8.45. The van der Waals surface area contributed by atoms with E-state index in [1.807, 2.05) is 27.9 Å². The molecule has 2 aliphatic heterocycles. The molecule has 3 aromatic rings. The van der Waals surface area contributed by atoms with Gasteiger partial charge in [0.05, 0.1) is 24.0 Å². The number of nitrogens with one attached hydrogen (secondary N) is 1. The molecular weight excluding hydrogens is 525 g/mol. The van der Waals surface area contributed by atoms with Crippen LogP contribution in [0.4, 0.5) is 30.5 Å². The van der Waals surface area contributed by atoms with E-state index in [0.29, 0.717) is 5.95 Å². The maximum atomic E-state index is 12.6. The van der Waals surface area contributed by atoms with Crippen LogP contribution in [-0.2, 0) is 11.3 Å². The number of fused-ring (bicyclic) bond motifs is 3. The summed E-state index contributed by atoms with van der Waals surface area (Å²) in [6, 6.07) is 4.19. The molecule has 2 saturated heterocycles. The number of hydrogen-bond donors (Lipinski definition) is 2. The second-order valence-corrected chi connectivity index (χ2v) is 10.9. The Labute approximate surface area is 231 Å². The molecule has 218 valence electrons. The van der Waals surface area contributed by atoms with E-state index in [1.54, 1.807) is 10.9 Å². The summed E-state index contributed by atoms with van der Waals surface area (Å²) in [6.45, 7) is 5.52. The number of anilines is 3. The summed E-state index contributed by atoms with van der Waals surface area (Å²) in [5.41, 5.74) is 7.40. The molecule has 0 aromatic carbocycles. The van der Waals surface area contributed by atoms with E-state index in [1.165, 1.54) is 19.3 Å². The van der Waals surface area contributed by atoms with E-state index in [-0.39, 0.29) is 19.0 Å². The fraction of sp³-hybridized carbons (Fsp3) is 0.615. The number of piperidine rings is 1. The third-order valence-electron chi connectivity index (χ3n) is 7.76. The monoisotopic (exact) mass is 562 g/mol. The number of nitrogens with two attached hydrogens (primary N) is 1. The molecule has 2 atom stereocenters. The maximum Gasteiger partial charge on any atom is 0.390 e. The largest absolute Gasteiger partial charge is 0.390 e. The van der Waals surface area contributed by atoms with Gasteiger partial charge in [-0.15, -0.1) is 5.10 Å². The highest BCUT2D eigenvalue weighted by atomic mass is 19.4. The highest BCUT2D eigenvalue weighted by Crippen LogP contribution is 2.39. The second-order valence-electron chi connectivity index (χ2n) is 10.9. The normalized spacial score (nSPS) is 21.4. The highest BCUT2D eigenvalue weighted by Gasteiger charge is 2.33. The Hall–Kier alpha value is -3.39. The SMILES string of the molecule is CN1CCN(C(=O)Cn2cc(Nc3nc4c(N5C[C@@H]6CC[C@@H](C6)C5)cccn4n3)cn2)CC1.NCCC(F)(F)F. The van der Waals surface area contributed by atoms with E-state index < -0.39 is 12.6 Å². The van der Waals surface area contributed by atoms with Gasteiger partial charge in [-0.1, -0.05) is 0 Å². The lowest BCUT2D eigenvalue weighted by molar-refractivity contribution is -0.134. The first-order chi connectivity index (χ1) is 19.2. The molecule has 1 saturated carbocycles. The molecule has 3 aliphatic rings. The van der Waals surface area contributed by atoms with Crippen molar-refractivity contribution < 1.29 is 18.0 Å². The van der Waals surface area contributed by atoms with Crippen LogP contribution in [0.5, 0.6) is 0 Å². The summed E-state index contributed by atoms with van der Waals surface area (Å²) in [4.78, 5) is 24.0. The Morgan fingerprint density at radius 3 is 2.52 bits per heavy atom. The molecule has 2 bridgehead atoms. The number of halogens is 3. The number of amides is 1. The molecule has 0 spiro atoms. The van der Waals surface area contributed by atoms with Crippen LogP contribution in [0.2, 0.25) is 0 Å². The maximum absolute atomic E-state index is 12.6. The lowest BCUT2D eigenvalue weighted by Gasteiger charge is -2.33. The first-order valence-electron chi connectivity index (χ1n) is 13.8. The lowest BCUT2D eigenvalue weighted by Crippen LogP contribution is -2.48. The molecular formula is C26H37F3N10O. The number of aromatic nitrogens is 5. The van der Waals surface area contributed by atoms with Gasteiger partial charge < -0.3 is 25.8 Å². The Bertz CT molecular complexity index is 1270. The molecule has 1 amide bonds. The number of carbonyl (C=O) groups is 1. The molecule has 14 heteroatoms. The summed E-state index contributed by atoms with van der Waals surface area (Å²) in [6.07, 6.45) is 4.61. The number of piperazine rings is 1. The van der Waals surface area contributed by atoms with Crippen molar-refractivity contribution in [2.45, 2.75) is 38.4 Å². The van der Waals surface area contributed by atoms with Crippen molar-refractivity contribution in [3.63, 3.8) is 0 Å². The van der Waals surface area contributed by atoms with Crippen LogP contribution in [0, 0.1) is 11.8 Å². The summed E-state index contributed by atoms with van der Waals surface area (Å²) in [5.74, 6) is 2.25. The van der Waals surface area contributed by atoms with E-state index in [0.717, 1.165) is 68.1 Å². The van der Waals surface area contributed by atoms with Gasteiger partial charge in [-0.3, -0.25) is 9.48 Å². The first-order valence-corrected chi connectivity index (χ1v) is 13.8. The fourth-order valence-electron chi connectivity index (χ4n) is 5.70. The summed E-state index contributed by atoms with van der Waals surface area (Å²) < 4.78 is 36.4. The van der Waals surface area contributed by atoms with E-state index in [2.05, 4.69) is 44.2 Å². The average molecular weight is 563 g/mol. The Morgan fingerprint density at radius 1 is 1.15 bits per heavy atom. The molecule has 3 N–H and O–H groups in total. The van der Waals surface area contributed by atoms with Crippen LogP contribution in [0.25, 0.3) is 5.65 Å². The molecule has 3 fully saturated rings. The van der Waals surface area contributed by atoms with Crippen LogP contribution in [0.15, 0.2) is 30.7 Å².